The molecule has 25 heavy (non-hydrogen) atoms. The molecule has 0 fully saturated rings. The molecule has 1 aliphatic carbocycles. The minimum atomic E-state index is 0.158. The molecule has 1 heteroatoms. The maximum Gasteiger partial charge on any atom is 0.0399 e. The van der Waals surface area contributed by atoms with E-state index in [9.17, 15) is 0 Å². The maximum absolute atomic E-state index is 3.75. The van der Waals surface area contributed by atoms with E-state index in [2.05, 4.69) is 50.4 Å². The van der Waals surface area contributed by atoms with Gasteiger partial charge < -0.3 is 5.32 Å². The Morgan fingerprint density at radius 3 is 1.68 bits per heavy atom. The lowest BCUT2D eigenvalue weighted by Gasteiger charge is -2.34. The lowest BCUT2D eigenvalue weighted by molar-refractivity contribution is 0.348. The van der Waals surface area contributed by atoms with E-state index in [4.69, 9.17) is 0 Å². The molecule has 0 aromatic rings. The molecule has 0 heterocycles. The van der Waals surface area contributed by atoms with Crippen LogP contribution in [0.25, 0.3) is 0 Å². The third kappa shape index (κ3) is 10.9. The SMILES string of the molecule is CCCCCCCCCCCCCCCCNC1(C)C=CC=CC1C. The van der Waals surface area contributed by atoms with Gasteiger partial charge in [-0.05, 0) is 25.8 Å². The first-order valence-electron chi connectivity index (χ1n) is 11.3. The number of allylic oxidation sites excluding steroid dienone is 2. The van der Waals surface area contributed by atoms with Gasteiger partial charge in [0.05, 0.1) is 0 Å². The van der Waals surface area contributed by atoms with Crippen molar-refractivity contribution in [2.45, 2.75) is 116 Å². The van der Waals surface area contributed by atoms with Gasteiger partial charge in [-0.3, -0.25) is 0 Å². The number of hydrogen-bond donors (Lipinski definition) is 1. The normalized spacial score (nSPS) is 22.6. The van der Waals surface area contributed by atoms with Crippen molar-refractivity contribution in [1.29, 1.82) is 0 Å². The van der Waals surface area contributed by atoms with Gasteiger partial charge in [-0.2, -0.15) is 0 Å². The van der Waals surface area contributed by atoms with Crippen LogP contribution in [0.4, 0.5) is 0 Å². The van der Waals surface area contributed by atoms with Crippen molar-refractivity contribution in [1.82, 2.24) is 5.32 Å². The van der Waals surface area contributed by atoms with Crippen molar-refractivity contribution in [3.8, 4) is 0 Å². The van der Waals surface area contributed by atoms with E-state index in [0.717, 1.165) is 6.54 Å². The van der Waals surface area contributed by atoms with Crippen LogP contribution < -0.4 is 5.32 Å². The van der Waals surface area contributed by atoms with Gasteiger partial charge in [0.2, 0.25) is 0 Å². The van der Waals surface area contributed by atoms with Crippen LogP contribution in [0.15, 0.2) is 24.3 Å². The van der Waals surface area contributed by atoms with Crippen LogP contribution in [-0.4, -0.2) is 12.1 Å². The lowest BCUT2D eigenvalue weighted by atomic mass is 9.83. The van der Waals surface area contributed by atoms with Crippen LogP contribution in [0, 0.1) is 5.92 Å². The predicted octanol–water partition coefficient (Wildman–Crippen LogP) is 7.58. The Morgan fingerprint density at radius 2 is 1.20 bits per heavy atom. The molecule has 0 amide bonds. The van der Waals surface area contributed by atoms with Gasteiger partial charge in [0.1, 0.15) is 0 Å². The molecule has 1 nitrogen and oxygen atoms in total. The average molecular weight is 348 g/mol. The van der Waals surface area contributed by atoms with Crippen molar-refractivity contribution >= 4 is 0 Å². The summed E-state index contributed by atoms with van der Waals surface area (Å²) in [5, 5.41) is 3.75. The van der Waals surface area contributed by atoms with E-state index in [1.54, 1.807) is 0 Å². The molecule has 2 unspecified atom stereocenters. The van der Waals surface area contributed by atoms with Crippen LogP contribution in [0.2, 0.25) is 0 Å². The number of hydrogen-bond acceptors (Lipinski definition) is 1. The second kappa shape index (κ2) is 14.6. The van der Waals surface area contributed by atoms with Gasteiger partial charge in [-0.15, -0.1) is 0 Å². The quantitative estimate of drug-likeness (QED) is 0.284. The zero-order valence-corrected chi connectivity index (χ0v) is 17.5. The Kier molecular flexibility index (Phi) is 13.1. The second-order valence-electron chi connectivity index (χ2n) is 8.34. The van der Waals surface area contributed by atoms with Crippen LogP contribution >= 0.6 is 0 Å². The third-order valence-electron chi connectivity index (χ3n) is 5.94. The summed E-state index contributed by atoms with van der Waals surface area (Å²) in [5.74, 6) is 0.587. The molecule has 1 N–H and O–H groups in total. The summed E-state index contributed by atoms with van der Waals surface area (Å²) in [5.41, 5.74) is 0.158. The minimum absolute atomic E-state index is 0.158. The maximum atomic E-state index is 3.75. The highest BCUT2D eigenvalue weighted by Gasteiger charge is 2.26. The van der Waals surface area contributed by atoms with Crippen molar-refractivity contribution in [3.05, 3.63) is 24.3 Å². The van der Waals surface area contributed by atoms with Crippen LogP contribution in [0.1, 0.15) is 111 Å². The van der Waals surface area contributed by atoms with Gasteiger partial charge >= 0.3 is 0 Å². The number of unbranched alkanes of at least 4 members (excludes halogenated alkanes) is 13. The zero-order chi connectivity index (χ0) is 18.2. The zero-order valence-electron chi connectivity index (χ0n) is 17.5. The Hall–Kier alpha value is -0.560. The Morgan fingerprint density at radius 1 is 0.720 bits per heavy atom. The van der Waals surface area contributed by atoms with Crippen LogP contribution in [0.3, 0.4) is 0 Å². The fourth-order valence-electron chi connectivity index (χ4n) is 3.74. The summed E-state index contributed by atoms with van der Waals surface area (Å²) in [4.78, 5) is 0. The second-order valence-corrected chi connectivity index (χ2v) is 8.34. The fraction of sp³-hybridized carbons (Fsp3) is 0.833. The first kappa shape index (κ1) is 22.5. The van der Waals surface area contributed by atoms with Gasteiger partial charge in [-0.1, -0.05) is 122 Å². The topological polar surface area (TPSA) is 12.0 Å². The monoisotopic (exact) mass is 347 g/mol. The smallest absolute Gasteiger partial charge is 0.0399 e. The van der Waals surface area contributed by atoms with Crippen molar-refractivity contribution in [3.63, 3.8) is 0 Å². The fourth-order valence-corrected chi connectivity index (χ4v) is 3.74. The molecule has 146 valence electrons. The summed E-state index contributed by atoms with van der Waals surface area (Å²) in [7, 11) is 0. The van der Waals surface area contributed by atoms with E-state index in [1.807, 2.05) is 0 Å². The molecule has 0 saturated heterocycles. The molecule has 0 bridgehead atoms. The average Bonchev–Trinajstić information content (AvgIpc) is 2.61. The van der Waals surface area contributed by atoms with Gasteiger partial charge in [0.15, 0.2) is 0 Å². The Balaban J connectivity index is 1.80. The molecule has 1 rings (SSSR count). The first-order valence-corrected chi connectivity index (χ1v) is 11.3. The van der Waals surface area contributed by atoms with E-state index in [0.29, 0.717) is 5.92 Å². The van der Waals surface area contributed by atoms with Gasteiger partial charge in [0, 0.05) is 5.54 Å². The van der Waals surface area contributed by atoms with Gasteiger partial charge in [-0.25, -0.2) is 0 Å². The molecular weight excluding hydrogens is 302 g/mol. The molecule has 0 aliphatic heterocycles. The summed E-state index contributed by atoms with van der Waals surface area (Å²) in [6.45, 7) is 8.07. The molecule has 1 aliphatic rings. The molecule has 0 spiro atoms. The summed E-state index contributed by atoms with van der Waals surface area (Å²) in [6.07, 6.45) is 29.0. The van der Waals surface area contributed by atoms with Gasteiger partial charge in [0.25, 0.3) is 0 Å². The largest absolute Gasteiger partial charge is 0.308 e. The molecule has 0 aromatic heterocycles. The summed E-state index contributed by atoms with van der Waals surface area (Å²) in [6, 6.07) is 0. The van der Waals surface area contributed by atoms with Crippen molar-refractivity contribution < 1.29 is 0 Å². The number of rotatable bonds is 16. The van der Waals surface area contributed by atoms with Crippen LogP contribution in [-0.2, 0) is 0 Å². The van der Waals surface area contributed by atoms with Crippen molar-refractivity contribution in [2.24, 2.45) is 5.92 Å². The van der Waals surface area contributed by atoms with E-state index < -0.39 is 0 Å². The molecule has 0 saturated carbocycles. The Labute approximate surface area is 158 Å². The molecule has 0 radical (unpaired) electrons. The van der Waals surface area contributed by atoms with E-state index >= 15 is 0 Å². The van der Waals surface area contributed by atoms with E-state index in [-0.39, 0.29) is 5.54 Å². The minimum Gasteiger partial charge on any atom is -0.308 e. The highest BCUT2D eigenvalue weighted by molar-refractivity contribution is 5.22. The molecule has 0 aromatic carbocycles. The first-order chi connectivity index (χ1) is 12.2. The molecular formula is C24H45N. The third-order valence-corrected chi connectivity index (χ3v) is 5.94. The Bertz CT molecular complexity index is 357. The summed E-state index contributed by atoms with van der Waals surface area (Å²) >= 11 is 0. The van der Waals surface area contributed by atoms with E-state index in [1.165, 1.54) is 89.9 Å². The highest BCUT2D eigenvalue weighted by Crippen LogP contribution is 2.23. The standard InChI is InChI=1S/C24H45N/c1-4-5-6-7-8-9-10-11-12-13-14-15-16-19-22-25-24(3)21-18-17-20-23(24)2/h17-18,20-21,23,25H,4-16,19,22H2,1-3H3. The summed E-state index contributed by atoms with van der Waals surface area (Å²) < 4.78 is 0. The molecule has 2 atom stereocenters. The lowest BCUT2D eigenvalue weighted by Crippen LogP contribution is -2.46. The highest BCUT2D eigenvalue weighted by atomic mass is 15.0. The van der Waals surface area contributed by atoms with Crippen molar-refractivity contribution in [2.75, 3.05) is 6.54 Å². The number of nitrogens with one attached hydrogen (secondary N) is 1. The predicted molar refractivity (Wildman–Crippen MR) is 114 cm³/mol. The van der Waals surface area contributed by atoms with Crippen LogP contribution in [0.5, 0.6) is 0 Å².